The standard InChI is InChI=1S/C31H38N2O5/c1-22(2)19-32-31(35)29(15-24-9-7-6-8-10-24)33(20-25-13-11-23(3)12-14-25)30(34)21-38-28-17-26(36-4)16-27(18-28)37-5/h6-14,16-18,22,29H,15,19-21H2,1-5H3,(H,32,35). The van der Waals surface area contributed by atoms with Crippen LogP contribution in [0.4, 0.5) is 0 Å². The molecule has 38 heavy (non-hydrogen) atoms. The molecule has 0 spiro atoms. The molecule has 0 aliphatic carbocycles. The fraction of sp³-hybridized carbons (Fsp3) is 0.355. The van der Waals surface area contributed by atoms with Gasteiger partial charge in [-0.15, -0.1) is 0 Å². The molecule has 2 amide bonds. The highest BCUT2D eigenvalue weighted by atomic mass is 16.5. The Labute approximate surface area is 225 Å². The predicted octanol–water partition coefficient (Wildman–Crippen LogP) is 4.80. The largest absolute Gasteiger partial charge is 0.496 e. The number of benzene rings is 3. The zero-order chi connectivity index (χ0) is 27.5. The van der Waals surface area contributed by atoms with Gasteiger partial charge >= 0.3 is 0 Å². The van der Waals surface area contributed by atoms with Gasteiger partial charge in [-0.25, -0.2) is 0 Å². The van der Waals surface area contributed by atoms with Crippen molar-refractivity contribution >= 4 is 11.8 Å². The number of nitrogens with zero attached hydrogens (tertiary/aromatic N) is 1. The molecule has 0 aliphatic rings. The summed E-state index contributed by atoms with van der Waals surface area (Å²) in [6.45, 7) is 6.65. The maximum atomic E-state index is 13.7. The second-order valence-corrected chi connectivity index (χ2v) is 9.69. The summed E-state index contributed by atoms with van der Waals surface area (Å²) >= 11 is 0. The molecule has 3 rings (SSSR count). The fourth-order valence-electron chi connectivity index (χ4n) is 3.96. The Morgan fingerprint density at radius 2 is 1.45 bits per heavy atom. The predicted molar refractivity (Wildman–Crippen MR) is 149 cm³/mol. The molecular formula is C31H38N2O5. The number of nitrogens with one attached hydrogen (secondary N) is 1. The van der Waals surface area contributed by atoms with Gasteiger partial charge in [0, 0.05) is 37.7 Å². The molecule has 7 nitrogen and oxygen atoms in total. The van der Waals surface area contributed by atoms with Crippen LogP contribution in [0, 0.1) is 12.8 Å². The highest BCUT2D eigenvalue weighted by molar-refractivity contribution is 5.88. The average Bonchev–Trinajstić information content (AvgIpc) is 2.93. The third kappa shape index (κ3) is 8.54. The zero-order valence-corrected chi connectivity index (χ0v) is 22.9. The first-order valence-corrected chi connectivity index (χ1v) is 12.8. The molecule has 1 atom stereocenters. The van der Waals surface area contributed by atoms with Crippen LogP contribution in [-0.4, -0.2) is 50.1 Å². The first-order valence-electron chi connectivity index (χ1n) is 12.8. The molecule has 0 radical (unpaired) electrons. The minimum Gasteiger partial charge on any atom is -0.496 e. The SMILES string of the molecule is COc1cc(OC)cc(OCC(=O)N(Cc2ccc(C)cc2)C(Cc2ccccc2)C(=O)NCC(C)C)c1. The Bertz CT molecular complexity index is 1160. The Morgan fingerprint density at radius 1 is 0.842 bits per heavy atom. The Morgan fingerprint density at radius 3 is 2.03 bits per heavy atom. The molecular weight excluding hydrogens is 480 g/mol. The van der Waals surface area contributed by atoms with E-state index in [1.807, 2.05) is 75.4 Å². The van der Waals surface area contributed by atoms with Crippen molar-refractivity contribution < 1.29 is 23.8 Å². The van der Waals surface area contributed by atoms with Crippen molar-refractivity contribution in [3.63, 3.8) is 0 Å². The van der Waals surface area contributed by atoms with Gasteiger partial charge in [-0.2, -0.15) is 0 Å². The van der Waals surface area contributed by atoms with Crippen LogP contribution in [0.1, 0.15) is 30.5 Å². The Kier molecular flexibility index (Phi) is 10.6. The molecule has 0 saturated heterocycles. The monoisotopic (exact) mass is 518 g/mol. The van der Waals surface area contributed by atoms with Crippen LogP contribution in [0.5, 0.6) is 17.2 Å². The van der Waals surface area contributed by atoms with Gasteiger partial charge in [0.2, 0.25) is 5.91 Å². The third-order valence-electron chi connectivity index (χ3n) is 6.12. The summed E-state index contributed by atoms with van der Waals surface area (Å²) in [4.78, 5) is 28.8. The van der Waals surface area contributed by atoms with Crippen molar-refractivity contribution in [2.75, 3.05) is 27.4 Å². The lowest BCUT2D eigenvalue weighted by molar-refractivity contribution is -0.142. The lowest BCUT2D eigenvalue weighted by Gasteiger charge is -2.31. The Hall–Kier alpha value is -4.00. The highest BCUT2D eigenvalue weighted by Crippen LogP contribution is 2.27. The normalized spacial score (nSPS) is 11.5. The number of amides is 2. The van der Waals surface area contributed by atoms with Gasteiger partial charge in [-0.1, -0.05) is 74.0 Å². The summed E-state index contributed by atoms with van der Waals surface area (Å²) in [6, 6.07) is 22.1. The van der Waals surface area contributed by atoms with E-state index >= 15 is 0 Å². The summed E-state index contributed by atoms with van der Waals surface area (Å²) in [5.41, 5.74) is 3.02. The summed E-state index contributed by atoms with van der Waals surface area (Å²) < 4.78 is 16.5. The molecule has 0 fully saturated rings. The molecule has 0 aromatic heterocycles. The summed E-state index contributed by atoms with van der Waals surface area (Å²) in [6.07, 6.45) is 0.384. The van der Waals surface area contributed by atoms with Crippen LogP contribution >= 0.6 is 0 Å². The summed E-state index contributed by atoms with van der Waals surface area (Å²) in [5, 5.41) is 3.03. The number of carbonyl (C=O) groups is 2. The van der Waals surface area contributed by atoms with E-state index in [0.29, 0.717) is 30.2 Å². The maximum absolute atomic E-state index is 13.7. The quantitative estimate of drug-likeness (QED) is 0.352. The smallest absolute Gasteiger partial charge is 0.261 e. The van der Waals surface area contributed by atoms with E-state index in [4.69, 9.17) is 14.2 Å². The van der Waals surface area contributed by atoms with Crippen molar-refractivity contribution in [3.8, 4) is 17.2 Å². The molecule has 0 heterocycles. The zero-order valence-electron chi connectivity index (χ0n) is 22.9. The summed E-state index contributed by atoms with van der Waals surface area (Å²) in [5.74, 6) is 1.34. The van der Waals surface area contributed by atoms with Gasteiger partial charge in [-0.05, 0) is 24.0 Å². The minimum absolute atomic E-state index is 0.189. The molecule has 1 N–H and O–H groups in total. The van der Waals surface area contributed by atoms with Crippen molar-refractivity contribution in [3.05, 3.63) is 89.5 Å². The molecule has 202 valence electrons. The van der Waals surface area contributed by atoms with Crippen molar-refractivity contribution in [2.24, 2.45) is 5.92 Å². The van der Waals surface area contributed by atoms with E-state index < -0.39 is 6.04 Å². The maximum Gasteiger partial charge on any atom is 0.261 e. The van der Waals surface area contributed by atoms with Crippen LogP contribution < -0.4 is 19.5 Å². The van der Waals surface area contributed by atoms with Crippen LogP contribution in [0.15, 0.2) is 72.8 Å². The van der Waals surface area contributed by atoms with Crippen LogP contribution in [0.3, 0.4) is 0 Å². The lowest BCUT2D eigenvalue weighted by atomic mass is 10.0. The number of hydrogen-bond donors (Lipinski definition) is 1. The van der Waals surface area contributed by atoms with E-state index in [1.165, 1.54) is 0 Å². The van der Waals surface area contributed by atoms with E-state index in [9.17, 15) is 9.59 Å². The van der Waals surface area contributed by atoms with Gasteiger partial charge in [0.1, 0.15) is 23.3 Å². The number of methoxy groups -OCH3 is 2. The van der Waals surface area contributed by atoms with Crippen LogP contribution in [-0.2, 0) is 22.6 Å². The molecule has 1 unspecified atom stereocenters. The number of aryl methyl sites for hydroxylation is 1. The first kappa shape index (κ1) is 28.6. The van der Waals surface area contributed by atoms with Crippen molar-refractivity contribution in [1.29, 1.82) is 0 Å². The first-order chi connectivity index (χ1) is 18.3. The van der Waals surface area contributed by atoms with Gasteiger partial charge in [0.25, 0.3) is 5.91 Å². The van der Waals surface area contributed by atoms with Crippen LogP contribution in [0.25, 0.3) is 0 Å². The van der Waals surface area contributed by atoms with Crippen molar-refractivity contribution in [1.82, 2.24) is 10.2 Å². The molecule has 0 aliphatic heterocycles. The fourth-order valence-corrected chi connectivity index (χ4v) is 3.96. The molecule has 3 aromatic carbocycles. The number of carbonyl (C=O) groups excluding carboxylic acids is 2. The number of rotatable bonds is 13. The minimum atomic E-state index is -0.714. The summed E-state index contributed by atoms with van der Waals surface area (Å²) in [7, 11) is 3.11. The van der Waals surface area contributed by atoms with Crippen molar-refractivity contribution in [2.45, 2.75) is 39.8 Å². The second kappa shape index (κ2) is 14.1. The Balaban J connectivity index is 1.91. The molecule has 0 bridgehead atoms. The van der Waals surface area contributed by atoms with E-state index in [1.54, 1.807) is 37.3 Å². The van der Waals surface area contributed by atoms with Crippen LogP contribution in [0.2, 0.25) is 0 Å². The molecule has 0 saturated carbocycles. The van der Waals surface area contributed by atoms with Gasteiger partial charge in [0.15, 0.2) is 6.61 Å². The topological polar surface area (TPSA) is 77.1 Å². The van der Waals surface area contributed by atoms with Gasteiger partial charge < -0.3 is 24.4 Å². The van der Waals surface area contributed by atoms with Gasteiger partial charge in [-0.3, -0.25) is 9.59 Å². The van der Waals surface area contributed by atoms with Gasteiger partial charge in [0.05, 0.1) is 14.2 Å². The second-order valence-electron chi connectivity index (χ2n) is 9.69. The van der Waals surface area contributed by atoms with E-state index in [2.05, 4.69) is 5.32 Å². The number of ether oxygens (including phenoxy) is 3. The molecule has 3 aromatic rings. The molecule has 7 heteroatoms. The van der Waals surface area contributed by atoms with E-state index in [0.717, 1.165) is 16.7 Å². The number of hydrogen-bond acceptors (Lipinski definition) is 5. The average molecular weight is 519 g/mol. The highest BCUT2D eigenvalue weighted by Gasteiger charge is 2.30. The third-order valence-corrected chi connectivity index (χ3v) is 6.12. The lowest BCUT2D eigenvalue weighted by Crippen LogP contribution is -2.52. The van der Waals surface area contributed by atoms with E-state index in [-0.39, 0.29) is 30.9 Å².